The summed E-state index contributed by atoms with van der Waals surface area (Å²) in [6.07, 6.45) is 3.00. The Kier molecular flexibility index (Phi) is 6.30. The van der Waals surface area contributed by atoms with Crippen LogP contribution in [0, 0.1) is 0 Å². The Labute approximate surface area is 169 Å². The van der Waals surface area contributed by atoms with Gasteiger partial charge < -0.3 is 15.4 Å². The molecule has 29 heavy (non-hydrogen) atoms. The zero-order valence-corrected chi connectivity index (χ0v) is 16.6. The summed E-state index contributed by atoms with van der Waals surface area (Å²) < 4.78 is 31.7. The third-order valence-electron chi connectivity index (χ3n) is 4.29. The molecule has 0 aliphatic carbocycles. The van der Waals surface area contributed by atoms with Gasteiger partial charge in [-0.05, 0) is 42.0 Å². The van der Waals surface area contributed by atoms with Gasteiger partial charge in [0.2, 0.25) is 21.8 Å². The van der Waals surface area contributed by atoms with E-state index in [0.29, 0.717) is 5.69 Å². The van der Waals surface area contributed by atoms with Crippen molar-refractivity contribution in [2.24, 2.45) is 0 Å². The third-order valence-corrected chi connectivity index (χ3v) is 6.13. The van der Waals surface area contributed by atoms with Crippen molar-refractivity contribution in [1.82, 2.24) is 9.62 Å². The van der Waals surface area contributed by atoms with Gasteiger partial charge in [-0.15, -0.1) is 0 Å². The molecule has 0 aromatic heterocycles. The van der Waals surface area contributed by atoms with Crippen LogP contribution in [0.4, 0.5) is 5.69 Å². The van der Waals surface area contributed by atoms with Crippen LogP contribution in [0.25, 0.3) is 6.08 Å². The molecular formula is C20H21N3O5S. The van der Waals surface area contributed by atoms with Crippen LogP contribution in [0.3, 0.4) is 0 Å². The number of sulfonamides is 1. The van der Waals surface area contributed by atoms with Crippen LogP contribution < -0.4 is 15.4 Å². The Balaban J connectivity index is 1.69. The van der Waals surface area contributed by atoms with E-state index in [2.05, 4.69) is 10.6 Å². The van der Waals surface area contributed by atoms with Crippen LogP contribution in [0.5, 0.6) is 5.75 Å². The number of benzene rings is 2. The summed E-state index contributed by atoms with van der Waals surface area (Å²) in [6, 6.07) is 13.1. The predicted molar refractivity (Wildman–Crippen MR) is 109 cm³/mol. The minimum absolute atomic E-state index is 0.0177. The number of rotatable bonds is 6. The van der Waals surface area contributed by atoms with Gasteiger partial charge in [-0.25, -0.2) is 8.42 Å². The number of anilines is 1. The lowest BCUT2D eigenvalue weighted by atomic mass is 10.2. The molecule has 2 N–H and O–H groups in total. The number of ether oxygens (including phenoxy) is 1. The number of nitrogens with one attached hydrogen (secondary N) is 2. The van der Waals surface area contributed by atoms with Crippen LogP contribution in [0.15, 0.2) is 59.5 Å². The Hall–Kier alpha value is -3.17. The summed E-state index contributed by atoms with van der Waals surface area (Å²) >= 11 is 0. The van der Waals surface area contributed by atoms with Crippen LogP contribution in [0.1, 0.15) is 5.56 Å². The number of piperazine rings is 1. The van der Waals surface area contributed by atoms with E-state index in [1.165, 1.54) is 18.2 Å². The predicted octanol–water partition coefficient (Wildman–Crippen LogP) is 1.47. The standard InChI is InChI=1S/C20H21N3O5S/c1-28-17-8-5-15(6-9-17)7-10-19(24)22-16-3-2-4-18(13-16)29(26,27)23-12-11-21-20(25)14-23/h2-10,13H,11-12,14H2,1H3,(H,21,25)(H,22,24). The average molecular weight is 415 g/mol. The van der Waals surface area contributed by atoms with Crippen molar-refractivity contribution in [3.63, 3.8) is 0 Å². The van der Waals surface area contributed by atoms with Gasteiger partial charge in [0.1, 0.15) is 5.75 Å². The van der Waals surface area contributed by atoms with Crippen LogP contribution in [-0.2, 0) is 19.6 Å². The second kappa shape index (κ2) is 8.89. The first kappa shape index (κ1) is 20.6. The molecule has 1 aliphatic rings. The maximum Gasteiger partial charge on any atom is 0.248 e. The highest BCUT2D eigenvalue weighted by Gasteiger charge is 2.29. The van der Waals surface area contributed by atoms with Gasteiger partial charge in [-0.2, -0.15) is 4.31 Å². The van der Waals surface area contributed by atoms with E-state index in [4.69, 9.17) is 4.74 Å². The minimum Gasteiger partial charge on any atom is -0.497 e. The Morgan fingerprint density at radius 2 is 1.97 bits per heavy atom. The highest BCUT2D eigenvalue weighted by Crippen LogP contribution is 2.20. The smallest absolute Gasteiger partial charge is 0.248 e. The first-order chi connectivity index (χ1) is 13.9. The van der Waals surface area contributed by atoms with Gasteiger partial charge in [-0.3, -0.25) is 9.59 Å². The topological polar surface area (TPSA) is 105 Å². The molecule has 0 atom stereocenters. The van der Waals surface area contributed by atoms with E-state index in [9.17, 15) is 18.0 Å². The van der Waals surface area contributed by atoms with Crippen molar-refractivity contribution >= 4 is 33.6 Å². The molecule has 1 aliphatic heterocycles. The quantitative estimate of drug-likeness (QED) is 0.695. The van der Waals surface area contributed by atoms with Crippen molar-refractivity contribution in [2.45, 2.75) is 4.90 Å². The molecule has 0 radical (unpaired) electrons. The molecule has 0 spiro atoms. The van der Waals surface area contributed by atoms with Gasteiger partial charge in [0, 0.05) is 24.9 Å². The monoisotopic (exact) mass is 415 g/mol. The second-order valence-electron chi connectivity index (χ2n) is 6.31. The fraction of sp³-hybridized carbons (Fsp3) is 0.200. The van der Waals surface area contributed by atoms with Crippen molar-refractivity contribution in [1.29, 1.82) is 0 Å². The summed E-state index contributed by atoms with van der Waals surface area (Å²) in [4.78, 5) is 23.7. The van der Waals surface area contributed by atoms with E-state index >= 15 is 0 Å². The number of carbonyl (C=O) groups is 2. The normalized spacial score (nSPS) is 15.1. The summed E-state index contributed by atoms with van der Waals surface area (Å²) in [5.74, 6) is -0.0171. The first-order valence-corrected chi connectivity index (χ1v) is 10.3. The fourth-order valence-electron chi connectivity index (χ4n) is 2.77. The number of hydrogen-bond acceptors (Lipinski definition) is 5. The highest BCUT2D eigenvalue weighted by atomic mass is 32.2. The first-order valence-electron chi connectivity index (χ1n) is 8.88. The van der Waals surface area contributed by atoms with Crippen molar-refractivity contribution in [2.75, 3.05) is 32.1 Å². The molecule has 3 rings (SSSR count). The molecule has 8 nitrogen and oxygen atoms in total. The molecule has 2 aromatic carbocycles. The second-order valence-corrected chi connectivity index (χ2v) is 8.25. The Morgan fingerprint density at radius 3 is 2.66 bits per heavy atom. The number of carbonyl (C=O) groups excluding carboxylic acids is 2. The molecule has 1 heterocycles. The zero-order valence-electron chi connectivity index (χ0n) is 15.8. The molecule has 9 heteroatoms. The lowest BCUT2D eigenvalue weighted by molar-refractivity contribution is -0.122. The molecule has 1 fully saturated rings. The molecule has 1 saturated heterocycles. The molecule has 152 valence electrons. The van der Waals surface area contributed by atoms with Gasteiger partial charge in [0.15, 0.2) is 0 Å². The maximum absolute atomic E-state index is 12.7. The largest absolute Gasteiger partial charge is 0.497 e. The number of methoxy groups -OCH3 is 1. The van der Waals surface area contributed by atoms with E-state index < -0.39 is 15.9 Å². The fourth-order valence-corrected chi connectivity index (χ4v) is 4.22. The lowest BCUT2D eigenvalue weighted by Crippen LogP contribution is -2.49. The number of amides is 2. The van der Waals surface area contributed by atoms with Gasteiger partial charge in [-0.1, -0.05) is 18.2 Å². The molecule has 0 unspecified atom stereocenters. The van der Waals surface area contributed by atoms with Crippen LogP contribution in [0.2, 0.25) is 0 Å². The van der Waals surface area contributed by atoms with E-state index in [0.717, 1.165) is 15.6 Å². The lowest BCUT2D eigenvalue weighted by Gasteiger charge is -2.26. The van der Waals surface area contributed by atoms with E-state index in [1.807, 2.05) is 12.1 Å². The summed E-state index contributed by atoms with van der Waals surface area (Å²) in [5.41, 5.74) is 1.16. The summed E-state index contributed by atoms with van der Waals surface area (Å²) in [5, 5.41) is 5.24. The van der Waals surface area contributed by atoms with Crippen molar-refractivity contribution in [3.05, 3.63) is 60.2 Å². The molecular weight excluding hydrogens is 394 g/mol. The van der Waals surface area contributed by atoms with Crippen molar-refractivity contribution < 1.29 is 22.7 Å². The Bertz CT molecular complexity index is 1030. The molecule has 0 bridgehead atoms. The minimum atomic E-state index is -3.82. The van der Waals surface area contributed by atoms with Crippen molar-refractivity contribution in [3.8, 4) is 5.75 Å². The van der Waals surface area contributed by atoms with Crippen LogP contribution >= 0.6 is 0 Å². The maximum atomic E-state index is 12.7. The summed E-state index contributed by atoms with van der Waals surface area (Å²) in [7, 11) is -2.25. The molecule has 0 saturated carbocycles. The van der Waals surface area contributed by atoms with Crippen LogP contribution in [-0.4, -0.2) is 51.3 Å². The number of nitrogens with zero attached hydrogens (tertiary/aromatic N) is 1. The zero-order chi connectivity index (χ0) is 20.9. The molecule has 2 amide bonds. The third kappa shape index (κ3) is 5.21. The average Bonchev–Trinajstić information content (AvgIpc) is 2.73. The van der Waals surface area contributed by atoms with Gasteiger partial charge in [0.25, 0.3) is 0 Å². The van der Waals surface area contributed by atoms with Gasteiger partial charge >= 0.3 is 0 Å². The summed E-state index contributed by atoms with van der Waals surface area (Å²) in [6.45, 7) is 0.253. The number of hydrogen-bond donors (Lipinski definition) is 2. The SMILES string of the molecule is COc1ccc(C=CC(=O)Nc2cccc(S(=O)(=O)N3CCNC(=O)C3)c2)cc1. The molecule has 2 aromatic rings. The highest BCUT2D eigenvalue weighted by molar-refractivity contribution is 7.89. The van der Waals surface area contributed by atoms with E-state index in [-0.39, 0.29) is 30.4 Å². The van der Waals surface area contributed by atoms with E-state index in [1.54, 1.807) is 37.5 Å². The Morgan fingerprint density at radius 1 is 1.21 bits per heavy atom. The van der Waals surface area contributed by atoms with Gasteiger partial charge in [0.05, 0.1) is 18.6 Å².